The summed E-state index contributed by atoms with van der Waals surface area (Å²) in [5.74, 6) is 0.771. The largest absolute Gasteiger partial charge is 0.369 e. The molecule has 0 fully saturated rings. The van der Waals surface area contributed by atoms with Gasteiger partial charge in [0.2, 0.25) is 5.95 Å². The summed E-state index contributed by atoms with van der Waals surface area (Å²) in [7, 11) is 0. The zero-order valence-electron chi connectivity index (χ0n) is 17.3. The second-order valence-corrected chi connectivity index (χ2v) is 7.99. The van der Waals surface area contributed by atoms with Crippen molar-refractivity contribution in [1.29, 1.82) is 0 Å². The van der Waals surface area contributed by atoms with Crippen LogP contribution in [0.25, 0.3) is 32.7 Å². The Bertz CT molecular complexity index is 1470. The van der Waals surface area contributed by atoms with Crippen LogP contribution < -0.4 is 11.3 Å². The predicted octanol–water partition coefficient (Wildman–Crippen LogP) is 4.73. The van der Waals surface area contributed by atoms with Crippen LogP contribution in [0.1, 0.15) is 36.8 Å². The van der Waals surface area contributed by atoms with Gasteiger partial charge in [0.25, 0.3) is 5.56 Å². The van der Waals surface area contributed by atoms with Crippen LogP contribution in [-0.4, -0.2) is 19.9 Å². The second-order valence-electron chi connectivity index (χ2n) is 7.99. The summed E-state index contributed by atoms with van der Waals surface area (Å²) in [5, 5.41) is 5.63. The van der Waals surface area contributed by atoms with Gasteiger partial charge in [-0.05, 0) is 57.9 Å². The van der Waals surface area contributed by atoms with E-state index in [1.54, 1.807) is 11.1 Å². The first-order valence-corrected chi connectivity index (χ1v) is 10.5. The van der Waals surface area contributed by atoms with Gasteiger partial charge in [-0.3, -0.25) is 9.78 Å². The quantitative estimate of drug-likeness (QED) is 0.360. The van der Waals surface area contributed by atoms with Crippen LogP contribution in [-0.2, 0) is 6.42 Å². The van der Waals surface area contributed by atoms with Crippen molar-refractivity contribution in [2.75, 3.05) is 5.73 Å². The van der Waals surface area contributed by atoms with Crippen molar-refractivity contribution in [1.82, 2.24) is 19.9 Å². The number of anilines is 1. The third-order valence-corrected chi connectivity index (χ3v) is 6.03. The van der Waals surface area contributed by atoms with E-state index < -0.39 is 0 Å². The van der Waals surface area contributed by atoms with E-state index >= 15 is 0 Å². The molecule has 5 aromatic rings. The van der Waals surface area contributed by atoms with Crippen LogP contribution in [0.5, 0.6) is 0 Å². The lowest BCUT2D eigenvalue weighted by Gasteiger charge is -2.24. The van der Waals surface area contributed by atoms with Crippen molar-refractivity contribution in [3.8, 4) is 0 Å². The molecule has 1 aliphatic carbocycles. The number of hydrogen-bond donors (Lipinski definition) is 2. The fourth-order valence-corrected chi connectivity index (χ4v) is 4.54. The molecule has 3 aromatic carbocycles. The number of nitrogen functional groups attached to an aromatic ring is 1. The summed E-state index contributed by atoms with van der Waals surface area (Å²) < 4.78 is 0. The Labute approximate surface area is 179 Å². The van der Waals surface area contributed by atoms with Crippen LogP contribution in [0.15, 0.2) is 65.7 Å². The minimum atomic E-state index is -0.370. The average molecular weight is 409 g/mol. The summed E-state index contributed by atoms with van der Waals surface area (Å²) in [6.45, 7) is 2.37. The van der Waals surface area contributed by atoms with Crippen molar-refractivity contribution < 1.29 is 0 Å². The molecule has 1 aliphatic rings. The van der Waals surface area contributed by atoms with Gasteiger partial charge in [-0.2, -0.15) is 4.98 Å². The number of hydrogen-bond acceptors (Lipinski definition) is 5. The molecule has 154 valence electrons. The van der Waals surface area contributed by atoms with E-state index in [2.05, 4.69) is 75.4 Å². The summed E-state index contributed by atoms with van der Waals surface area (Å²) in [6, 6.07) is 18.0. The third-order valence-electron chi connectivity index (χ3n) is 6.03. The second kappa shape index (κ2) is 7.80. The standard InChI is InChI=1S/C19H18.C6H5N5O/c1-13-5-4-8-17-15(13)11-12-18-16-7-3-2-6-14(16)9-10-19(17)18;7-6-10-4-3(5(12)11-6)8-1-2-9-4/h2-3,6-7,9-13H,4-5,8H2,1H3;1-2H,(H3,7,9,10,11,12). The van der Waals surface area contributed by atoms with Crippen LogP contribution in [0.2, 0.25) is 0 Å². The minimum Gasteiger partial charge on any atom is -0.369 e. The molecule has 2 heterocycles. The monoisotopic (exact) mass is 409 g/mol. The average Bonchev–Trinajstić information content (AvgIpc) is 2.79. The van der Waals surface area contributed by atoms with E-state index in [1.807, 2.05) is 0 Å². The van der Waals surface area contributed by atoms with Crippen LogP contribution in [0.3, 0.4) is 0 Å². The number of nitrogens with one attached hydrogen (secondary N) is 1. The summed E-state index contributed by atoms with van der Waals surface area (Å²) >= 11 is 0. The van der Waals surface area contributed by atoms with Gasteiger partial charge in [0.05, 0.1) is 0 Å². The number of nitrogens with two attached hydrogens (primary N) is 1. The van der Waals surface area contributed by atoms with E-state index in [0.29, 0.717) is 0 Å². The lowest BCUT2D eigenvalue weighted by molar-refractivity contribution is 0.593. The zero-order valence-corrected chi connectivity index (χ0v) is 17.3. The van der Waals surface area contributed by atoms with Crippen LogP contribution in [0, 0.1) is 0 Å². The molecule has 31 heavy (non-hydrogen) atoms. The van der Waals surface area contributed by atoms with Crippen LogP contribution in [0.4, 0.5) is 5.95 Å². The number of aromatic amines is 1. The highest BCUT2D eigenvalue weighted by atomic mass is 16.1. The van der Waals surface area contributed by atoms with Gasteiger partial charge >= 0.3 is 0 Å². The highest BCUT2D eigenvalue weighted by molar-refractivity contribution is 6.08. The van der Waals surface area contributed by atoms with Crippen LogP contribution >= 0.6 is 0 Å². The zero-order chi connectivity index (χ0) is 21.4. The smallest absolute Gasteiger partial charge is 0.280 e. The third kappa shape index (κ3) is 3.50. The maximum Gasteiger partial charge on any atom is 0.280 e. The molecule has 1 unspecified atom stereocenters. The van der Waals surface area contributed by atoms with Crippen molar-refractivity contribution in [2.45, 2.75) is 32.1 Å². The van der Waals surface area contributed by atoms with E-state index in [0.717, 1.165) is 5.92 Å². The first kappa shape index (κ1) is 19.2. The van der Waals surface area contributed by atoms with Gasteiger partial charge < -0.3 is 5.73 Å². The fraction of sp³-hybridized carbons (Fsp3) is 0.200. The van der Waals surface area contributed by atoms with Crippen molar-refractivity contribution in [3.05, 3.63) is 82.4 Å². The van der Waals surface area contributed by atoms with Gasteiger partial charge in [-0.25, -0.2) is 9.97 Å². The Morgan fingerprint density at radius 1 is 0.968 bits per heavy atom. The van der Waals surface area contributed by atoms with Crippen molar-refractivity contribution >= 4 is 38.7 Å². The minimum absolute atomic E-state index is 0.0491. The fourth-order valence-electron chi connectivity index (χ4n) is 4.54. The molecule has 0 spiro atoms. The molecular formula is C25H23N5O. The summed E-state index contributed by atoms with van der Waals surface area (Å²) in [6.07, 6.45) is 6.80. The number of aromatic nitrogens is 4. The molecule has 0 bridgehead atoms. The Balaban J connectivity index is 0.000000147. The molecule has 0 saturated carbocycles. The van der Waals surface area contributed by atoms with Crippen molar-refractivity contribution in [2.24, 2.45) is 0 Å². The summed E-state index contributed by atoms with van der Waals surface area (Å²) in [4.78, 5) is 24.9. The normalized spacial score (nSPS) is 15.5. The molecule has 0 amide bonds. The lowest BCUT2D eigenvalue weighted by atomic mass is 9.81. The Hall–Kier alpha value is -3.80. The molecule has 0 saturated heterocycles. The van der Waals surface area contributed by atoms with E-state index in [-0.39, 0.29) is 22.7 Å². The first-order valence-electron chi connectivity index (χ1n) is 10.5. The van der Waals surface area contributed by atoms with E-state index in [1.165, 1.54) is 53.2 Å². The Morgan fingerprint density at radius 3 is 2.68 bits per heavy atom. The number of nitrogens with zero attached hydrogens (tertiary/aromatic N) is 3. The maximum atomic E-state index is 11.1. The van der Waals surface area contributed by atoms with E-state index in [9.17, 15) is 4.79 Å². The molecule has 6 nitrogen and oxygen atoms in total. The Kier molecular flexibility index (Phi) is 4.82. The van der Waals surface area contributed by atoms with E-state index in [4.69, 9.17) is 5.73 Å². The van der Waals surface area contributed by atoms with Gasteiger partial charge in [0.1, 0.15) is 0 Å². The Morgan fingerprint density at radius 2 is 1.77 bits per heavy atom. The van der Waals surface area contributed by atoms with Crippen molar-refractivity contribution in [3.63, 3.8) is 0 Å². The molecule has 2 aromatic heterocycles. The summed E-state index contributed by atoms with van der Waals surface area (Å²) in [5.41, 5.74) is 8.56. The first-order chi connectivity index (χ1) is 15.1. The number of aryl methyl sites for hydroxylation is 1. The highest BCUT2D eigenvalue weighted by Crippen LogP contribution is 2.37. The van der Waals surface area contributed by atoms with Gasteiger partial charge in [-0.15, -0.1) is 0 Å². The van der Waals surface area contributed by atoms with Gasteiger partial charge in [0.15, 0.2) is 11.2 Å². The SMILES string of the molecule is CC1CCCc2c1ccc1c2ccc2ccccc21.Nc1nc2nccnc2c(=O)[nH]1. The van der Waals surface area contributed by atoms with Gasteiger partial charge in [0, 0.05) is 12.4 Å². The molecule has 1 atom stereocenters. The highest BCUT2D eigenvalue weighted by Gasteiger charge is 2.18. The number of rotatable bonds is 0. The molecule has 0 aliphatic heterocycles. The number of H-pyrrole nitrogens is 1. The number of fused-ring (bicyclic) bond motifs is 6. The lowest BCUT2D eigenvalue weighted by Crippen LogP contribution is -2.12. The molecule has 0 radical (unpaired) electrons. The predicted molar refractivity (Wildman–Crippen MR) is 125 cm³/mol. The maximum absolute atomic E-state index is 11.1. The molecular weight excluding hydrogens is 386 g/mol. The molecule has 6 heteroatoms. The molecule has 3 N–H and O–H groups in total. The topological polar surface area (TPSA) is 97.5 Å². The van der Waals surface area contributed by atoms with Gasteiger partial charge in [-0.1, -0.05) is 55.5 Å². The molecule has 6 rings (SSSR count). The number of benzene rings is 3.